The Morgan fingerprint density at radius 3 is 1.50 bits per heavy atom. The fourth-order valence-electron chi connectivity index (χ4n) is 6.80. The van der Waals surface area contributed by atoms with E-state index in [4.69, 9.17) is 0 Å². The smallest absolute Gasteiger partial charge is 0.142 e. The Labute approximate surface area is 261 Å². The van der Waals surface area contributed by atoms with Gasteiger partial charge in [-0.1, -0.05) is 141 Å². The molecule has 1 nitrogen and oxygen atoms in total. The van der Waals surface area contributed by atoms with E-state index in [-0.39, 0.29) is 0 Å². The van der Waals surface area contributed by atoms with Gasteiger partial charge in [0.15, 0.2) is 0 Å². The SMILES string of the molecule is OC1(c2ccccc2-c2cc3ccccc3c3ccccc23)c2cc(Br)ccc2-c2ccccc2-c2ccc(Br)cc21. The Hall–Kier alpha value is -4.02. The molecule has 0 amide bonds. The molecule has 8 rings (SSSR count). The summed E-state index contributed by atoms with van der Waals surface area (Å²) in [4.78, 5) is 0. The van der Waals surface area contributed by atoms with Crippen LogP contribution in [-0.2, 0) is 5.60 Å². The predicted molar refractivity (Wildman–Crippen MR) is 182 cm³/mol. The summed E-state index contributed by atoms with van der Waals surface area (Å²) in [5.74, 6) is 0. The maximum absolute atomic E-state index is 13.5. The molecule has 1 aliphatic carbocycles. The number of fused-ring (bicyclic) bond motifs is 8. The van der Waals surface area contributed by atoms with Crippen LogP contribution in [0.15, 0.2) is 148 Å². The van der Waals surface area contributed by atoms with Crippen molar-refractivity contribution in [2.45, 2.75) is 5.60 Å². The Balaban J connectivity index is 1.53. The molecule has 0 saturated heterocycles. The minimum Gasteiger partial charge on any atom is -0.376 e. The molecule has 7 aromatic rings. The third kappa shape index (κ3) is 3.78. The molecule has 0 saturated carbocycles. The maximum atomic E-state index is 13.5. The number of hydrogen-bond acceptors (Lipinski definition) is 1. The van der Waals surface area contributed by atoms with Gasteiger partial charge in [-0.15, -0.1) is 0 Å². The first-order chi connectivity index (χ1) is 20.5. The molecule has 42 heavy (non-hydrogen) atoms. The van der Waals surface area contributed by atoms with Gasteiger partial charge in [0.05, 0.1) is 0 Å². The summed E-state index contributed by atoms with van der Waals surface area (Å²) >= 11 is 7.47. The van der Waals surface area contributed by atoms with Crippen molar-refractivity contribution in [3.63, 3.8) is 0 Å². The van der Waals surface area contributed by atoms with E-state index in [0.29, 0.717) is 0 Å². The molecule has 0 bridgehead atoms. The molecule has 200 valence electrons. The van der Waals surface area contributed by atoms with E-state index < -0.39 is 5.60 Å². The lowest BCUT2D eigenvalue weighted by Gasteiger charge is -2.34. The molecular formula is C39H24Br2O. The second-order valence-electron chi connectivity index (χ2n) is 10.9. The van der Waals surface area contributed by atoms with Crippen LogP contribution in [0.25, 0.3) is 54.9 Å². The van der Waals surface area contributed by atoms with Crippen LogP contribution in [0.1, 0.15) is 16.7 Å². The third-order valence-electron chi connectivity index (χ3n) is 8.63. The van der Waals surface area contributed by atoms with Crippen LogP contribution < -0.4 is 0 Å². The minimum absolute atomic E-state index is 0.844. The van der Waals surface area contributed by atoms with Crippen LogP contribution in [0, 0.1) is 0 Å². The number of aliphatic hydroxyl groups is 1. The molecule has 0 fully saturated rings. The van der Waals surface area contributed by atoms with Gasteiger partial charge in [-0.05, 0) is 85.3 Å². The molecule has 0 unspecified atom stereocenters. The highest BCUT2D eigenvalue weighted by atomic mass is 79.9. The first kappa shape index (κ1) is 25.7. The summed E-state index contributed by atoms with van der Waals surface area (Å²) in [6.45, 7) is 0. The molecule has 1 aliphatic rings. The average molecular weight is 668 g/mol. The molecule has 3 heteroatoms. The average Bonchev–Trinajstić information content (AvgIpc) is 3.12. The summed E-state index contributed by atoms with van der Waals surface area (Å²) in [7, 11) is 0. The largest absolute Gasteiger partial charge is 0.376 e. The number of rotatable bonds is 2. The minimum atomic E-state index is -1.46. The molecule has 0 aromatic heterocycles. The molecular weight excluding hydrogens is 644 g/mol. The van der Waals surface area contributed by atoms with E-state index in [1.165, 1.54) is 16.2 Å². The van der Waals surface area contributed by atoms with Gasteiger partial charge >= 0.3 is 0 Å². The zero-order valence-corrected chi connectivity index (χ0v) is 25.7. The Morgan fingerprint density at radius 2 is 0.857 bits per heavy atom. The molecule has 1 N–H and O–H groups in total. The third-order valence-corrected chi connectivity index (χ3v) is 9.61. The summed E-state index contributed by atoms with van der Waals surface area (Å²) < 4.78 is 1.84. The Kier molecular flexibility index (Phi) is 5.98. The summed E-state index contributed by atoms with van der Waals surface area (Å²) in [5, 5.41) is 18.3. The van der Waals surface area contributed by atoms with Gasteiger partial charge in [-0.3, -0.25) is 0 Å². The van der Waals surface area contributed by atoms with Crippen molar-refractivity contribution in [3.05, 3.63) is 165 Å². The lowest BCUT2D eigenvalue weighted by molar-refractivity contribution is 0.127. The van der Waals surface area contributed by atoms with E-state index in [0.717, 1.165) is 64.4 Å². The van der Waals surface area contributed by atoms with E-state index in [9.17, 15) is 5.11 Å². The molecule has 0 radical (unpaired) electrons. The number of hydrogen-bond donors (Lipinski definition) is 1. The van der Waals surface area contributed by atoms with Gasteiger partial charge in [0.2, 0.25) is 0 Å². The van der Waals surface area contributed by atoms with Gasteiger partial charge in [-0.2, -0.15) is 0 Å². The van der Waals surface area contributed by atoms with Crippen molar-refractivity contribution in [3.8, 4) is 33.4 Å². The normalized spacial score (nSPS) is 13.3. The fraction of sp³-hybridized carbons (Fsp3) is 0.0256. The molecule has 7 aromatic carbocycles. The van der Waals surface area contributed by atoms with Crippen LogP contribution in [0.2, 0.25) is 0 Å². The topological polar surface area (TPSA) is 20.2 Å². The van der Waals surface area contributed by atoms with E-state index in [2.05, 4.69) is 165 Å². The lowest BCUT2D eigenvalue weighted by Crippen LogP contribution is -2.30. The van der Waals surface area contributed by atoms with E-state index in [1.807, 2.05) is 6.07 Å². The van der Waals surface area contributed by atoms with Crippen molar-refractivity contribution in [1.82, 2.24) is 0 Å². The van der Waals surface area contributed by atoms with Crippen molar-refractivity contribution in [2.24, 2.45) is 0 Å². The zero-order valence-electron chi connectivity index (χ0n) is 22.5. The van der Waals surface area contributed by atoms with Crippen LogP contribution in [-0.4, -0.2) is 5.11 Å². The second kappa shape index (κ2) is 9.78. The maximum Gasteiger partial charge on any atom is 0.142 e. The summed E-state index contributed by atoms with van der Waals surface area (Å²) in [6.07, 6.45) is 0. The van der Waals surface area contributed by atoms with Crippen LogP contribution in [0.4, 0.5) is 0 Å². The zero-order chi connectivity index (χ0) is 28.4. The Morgan fingerprint density at radius 1 is 0.381 bits per heavy atom. The predicted octanol–water partition coefficient (Wildman–Crippen LogP) is 11.1. The number of halogens is 2. The quantitative estimate of drug-likeness (QED) is 0.182. The highest BCUT2D eigenvalue weighted by Gasteiger charge is 2.42. The first-order valence-electron chi connectivity index (χ1n) is 14.0. The van der Waals surface area contributed by atoms with E-state index >= 15 is 0 Å². The second-order valence-corrected chi connectivity index (χ2v) is 12.7. The monoisotopic (exact) mass is 666 g/mol. The highest BCUT2D eigenvalue weighted by molar-refractivity contribution is 9.10. The lowest BCUT2D eigenvalue weighted by atomic mass is 9.74. The standard InChI is InChI=1S/C39H24Br2O/c40-25-17-19-33-29-12-4-5-13-30(29)34-20-18-26(41)23-38(34)39(42,37(33)22-25)36-16-8-7-15-32(36)35-21-24-9-1-2-10-27(24)28-11-3-6-14-31(28)35/h1-23,42H. The van der Waals surface area contributed by atoms with Crippen LogP contribution >= 0.6 is 31.9 Å². The Bertz CT molecular complexity index is 2120. The first-order valence-corrected chi connectivity index (χ1v) is 15.6. The molecule has 0 heterocycles. The fourth-order valence-corrected chi connectivity index (χ4v) is 7.52. The summed E-state index contributed by atoms with van der Waals surface area (Å²) in [6, 6.07) is 48.7. The van der Waals surface area contributed by atoms with Crippen LogP contribution in [0.5, 0.6) is 0 Å². The highest BCUT2D eigenvalue weighted by Crippen LogP contribution is 2.53. The van der Waals surface area contributed by atoms with Gasteiger partial charge in [0.25, 0.3) is 0 Å². The van der Waals surface area contributed by atoms with Gasteiger partial charge in [0.1, 0.15) is 5.60 Å². The van der Waals surface area contributed by atoms with E-state index in [1.54, 1.807) is 0 Å². The molecule has 0 atom stereocenters. The van der Waals surface area contributed by atoms with Crippen LogP contribution in [0.3, 0.4) is 0 Å². The van der Waals surface area contributed by atoms with Gasteiger partial charge in [0, 0.05) is 25.6 Å². The number of benzene rings is 7. The van der Waals surface area contributed by atoms with Crippen molar-refractivity contribution >= 4 is 53.4 Å². The molecule has 0 spiro atoms. The van der Waals surface area contributed by atoms with Crippen molar-refractivity contribution < 1.29 is 5.11 Å². The van der Waals surface area contributed by atoms with Crippen molar-refractivity contribution in [1.29, 1.82) is 0 Å². The molecule has 0 aliphatic heterocycles. The van der Waals surface area contributed by atoms with Crippen molar-refractivity contribution in [2.75, 3.05) is 0 Å². The van der Waals surface area contributed by atoms with Gasteiger partial charge < -0.3 is 5.11 Å². The van der Waals surface area contributed by atoms with Gasteiger partial charge in [-0.25, -0.2) is 0 Å². The summed E-state index contributed by atoms with van der Waals surface area (Å²) in [5.41, 5.74) is 7.42.